The summed E-state index contributed by atoms with van der Waals surface area (Å²) in [5.74, 6) is -1.20. The standard InChI is InChI=1S/C32H31FN2O5/c33-26-14-12-24(13-15-26)28-20-25(23-7-3-1-4-8-23)21-31(35-28)40-18-6-2-5-9-30(37)34-29(32(38)39)19-22-10-16-27(36)17-11-22/h1,3-4,7-8,10-17,20-21,29,36H,2,5-6,9,18-19H2,(H,34,37)(H,38,39). The van der Waals surface area contributed by atoms with E-state index in [0.29, 0.717) is 43.0 Å². The highest BCUT2D eigenvalue weighted by molar-refractivity contribution is 5.83. The normalized spacial score (nSPS) is 11.5. The van der Waals surface area contributed by atoms with Gasteiger partial charge in [0.15, 0.2) is 0 Å². The van der Waals surface area contributed by atoms with Crippen LogP contribution in [0.1, 0.15) is 31.2 Å². The first-order chi connectivity index (χ1) is 19.4. The number of nitrogens with one attached hydrogen (secondary N) is 1. The Morgan fingerprint density at radius 1 is 0.850 bits per heavy atom. The summed E-state index contributed by atoms with van der Waals surface area (Å²) in [5.41, 5.74) is 4.10. The molecule has 0 saturated heterocycles. The first-order valence-electron chi connectivity index (χ1n) is 13.1. The van der Waals surface area contributed by atoms with Crippen molar-refractivity contribution >= 4 is 11.9 Å². The number of halogens is 1. The molecule has 0 spiro atoms. The third-order valence-corrected chi connectivity index (χ3v) is 6.36. The number of benzene rings is 3. The number of aromatic hydroxyl groups is 1. The van der Waals surface area contributed by atoms with Crippen LogP contribution in [0.25, 0.3) is 22.4 Å². The first-order valence-corrected chi connectivity index (χ1v) is 13.1. The Hall–Kier alpha value is -4.72. The van der Waals surface area contributed by atoms with E-state index in [0.717, 1.165) is 16.7 Å². The predicted octanol–water partition coefficient (Wildman–Crippen LogP) is 6.01. The Balaban J connectivity index is 1.27. The first kappa shape index (κ1) is 28.3. The van der Waals surface area contributed by atoms with Gasteiger partial charge in [0.25, 0.3) is 0 Å². The largest absolute Gasteiger partial charge is 0.508 e. The third-order valence-electron chi connectivity index (χ3n) is 6.36. The van der Waals surface area contributed by atoms with Crippen LogP contribution in [0.2, 0.25) is 0 Å². The van der Waals surface area contributed by atoms with Crippen LogP contribution < -0.4 is 10.1 Å². The molecule has 1 heterocycles. The van der Waals surface area contributed by atoms with E-state index >= 15 is 0 Å². The predicted molar refractivity (Wildman–Crippen MR) is 150 cm³/mol. The molecule has 1 amide bonds. The van der Waals surface area contributed by atoms with Crippen LogP contribution in [0, 0.1) is 5.82 Å². The van der Waals surface area contributed by atoms with Gasteiger partial charge in [0.1, 0.15) is 17.6 Å². The Morgan fingerprint density at radius 3 is 2.27 bits per heavy atom. The number of amides is 1. The molecule has 8 heteroatoms. The summed E-state index contributed by atoms with van der Waals surface area (Å²) in [4.78, 5) is 28.6. The maximum Gasteiger partial charge on any atom is 0.326 e. The summed E-state index contributed by atoms with van der Waals surface area (Å²) < 4.78 is 19.4. The van der Waals surface area contributed by atoms with Crippen LogP contribution in [0.15, 0.2) is 91.0 Å². The van der Waals surface area contributed by atoms with Crippen molar-refractivity contribution in [3.63, 3.8) is 0 Å². The fraction of sp³-hybridized carbons (Fsp3) is 0.219. The lowest BCUT2D eigenvalue weighted by Crippen LogP contribution is -2.42. The number of phenols is 1. The molecule has 4 rings (SSSR count). The fourth-order valence-corrected chi connectivity index (χ4v) is 4.22. The molecule has 1 aromatic heterocycles. The number of ether oxygens (including phenoxy) is 1. The van der Waals surface area contributed by atoms with Crippen molar-refractivity contribution in [2.24, 2.45) is 0 Å². The van der Waals surface area contributed by atoms with Crippen molar-refractivity contribution in [2.45, 2.75) is 38.1 Å². The molecule has 1 atom stereocenters. The van der Waals surface area contributed by atoms with Crippen molar-refractivity contribution in [1.82, 2.24) is 10.3 Å². The Kier molecular flexibility index (Phi) is 9.83. The summed E-state index contributed by atoms with van der Waals surface area (Å²) in [5, 5.41) is 21.4. The molecule has 3 aromatic carbocycles. The number of phenolic OH excluding ortho intramolecular Hbond substituents is 1. The minimum absolute atomic E-state index is 0.0941. The Morgan fingerprint density at radius 2 is 1.57 bits per heavy atom. The number of carbonyl (C=O) groups excluding carboxylic acids is 1. The molecule has 206 valence electrons. The van der Waals surface area contributed by atoms with Gasteiger partial charge in [0.2, 0.25) is 11.8 Å². The van der Waals surface area contributed by atoms with Gasteiger partial charge in [0, 0.05) is 24.5 Å². The molecule has 0 saturated carbocycles. The number of hydrogen-bond donors (Lipinski definition) is 3. The maximum absolute atomic E-state index is 13.4. The molecule has 0 aliphatic heterocycles. The number of nitrogens with zero attached hydrogens (tertiary/aromatic N) is 1. The zero-order chi connectivity index (χ0) is 28.3. The van der Waals surface area contributed by atoms with Crippen molar-refractivity contribution < 1.29 is 28.9 Å². The lowest BCUT2D eigenvalue weighted by Gasteiger charge is -2.15. The third kappa shape index (κ3) is 8.39. The SMILES string of the molecule is O=C(CCCCCOc1cc(-c2ccccc2)cc(-c2ccc(F)cc2)n1)NC(Cc1ccc(O)cc1)C(=O)O. The Bertz CT molecular complexity index is 1410. The van der Waals surface area contributed by atoms with Gasteiger partial charge in [-0.15, -0.1) is 0 Å². The molecule has 7 nitrogen and oxygen atoms in total. The zero-order valence-electron chi connectivity index (χ0n) is 21.9. The minimum atomic E-state index is -1.11. The summed E-state index contributed by atoms with van der Waals surface area (Å²) >= 11 is 0. The van der Waals surface area contributed by atoms with E-state index in [1.807, 2.05) is 42.5 Å². The number of unbranched alkanes of at least 4 members (excludes halogenated alkanes) is 2. The lowest BCUT2D eigenvalue weighted by atomic mass is 10.0. The molecule has 0 bridgehead atoms. The number of hydrogen-bond acceptors (Lipinski definition) is 5. The quantitative estimate of drug-likeness (QED) is 0.179. The van der Waals surface area contributed by atoms with Gasteiger partial charge in [0.05, 0.1) is 12.3 Å². The van der Waals surface area contributed by atoms with E-state index in [9.17, 15) is 24.2 Å². The molecule has 0 radical (unpaired) electrons. The minimum Gasteiger partial charge on any atom is -0.508 e. The van der Waals surface area contributed by atoms with Crippen molar-refractivity contribution in [3.8, 4) is 34.0 Å². The van der Waals surface area contributed by atoms with E-state index in [4.69, 9.17) is 4.74 Å². The van der Waals surface area contributed by atoms with Gasteiger partial charge in [-0.3, -0.25) is 4.79 Å². The van der Waals surface area contributed by atoms with Gasteiger partial charge in [-0.1, -0.05) is 42.5 Å². The van der Waals surface area contributed by atoms with Crippen molar-refractivity contribution in [3.05, 3.63) is 102 Å². The van der Waals surface area contributed by atoms with E-state index in [1.165, 1.54) is 24.3 Å². The highest BCUT2D eigenvalue weighted by atomic mass is 19.1. The summed E-state index contributed by atoms with van der Waals surface area (Å²) in [7, 11) is 0. The Labute approximate surface area is 232 Å². The van der Waals surface area contributed by atoms with Gasteiger partial charge in [-0.2, -0.15) is 0 Å². The maximum atomic E-state index is 13.4. The smallest absolute Gasteiger partial charge is 0.326 e. The lowest BCUT2D eigenvalue weighted by molar-refractivity contribution is -0.141. The van der Waals surface area contributed by atoms with Crippen LogP contribution >= 0.6 is 0 Å². The number of carbonyl (C=O) groups is 2. The van der Waals surface area contributed by atoms with Crippen LogP contribution in [-0.2, 0) is 16.0 Å². The van der Waals surface area contributed by atoms with E-state index in [1.54, 1.807) is 24.3 Å². The van der Waals surface area contributed by atoms with E-state index < -0.39 is 12.0 Å². The van der Waals surface area contributed by atoms with Gasteiger partial charge in [-0.25, -0.2) is 14.2 Å². The number of aromatic nitrogens is 1. The molecule has 0 aliphatic rings. The average Bonchev–Trinajstić information content (AvgIpc) is 2.96. The second-order valence-electron chi connectivity index (χ2n) is 9.44. The van der Waals surface area contributed by atoms with Gasteiger partial charge >= 0.3 is 5.97 Å². The summed E-state index contributed by atoms with van der Waals surface area (Å²) in [6.45, 7) is 0.397. The summed E-state index contributed by atoms with van der Waals surface area (Å²) in [6.07, 6.45) is 2.32. The molecule has 3 N–H and O–H groups in total. The van der Waals surface area contributed by atoms with Gasteiger partial charge in [-0.05, 0) is 78.4 Å². The van der Waals surface area contributed by atoms with Crippen LogP contribution in [0.3, 0.4) is 0 Å². The highest BCUT2D eigenvalue weighted by Gasteiger charge is 2.20. The second-order valence-corrected chi connectivity index (χ2v) is 9.44. The number of pyridine rings is 1. The van der Waals surface area contributed by atoms with Crippen LogP contribution in [-0.4, -0.2) is 39.7 Å². The molecule has 1 unspecified atom stereocenters. The molecular formula is C32H31FN2O5. The second kappa shape index (κ2) is 13.9. The van der Waals surface area contributed by atoms with Crippen molar-refractivity contribution in [1.29, 1.82) is 0 Å². The average molecular weight is 543 g/mol. The van der Waals surface area contributed by atoms with Gasteiger partial charge < -0.3 is 20.3 Å². The molecule has 0 fully saturated rings. The van der Waals surface area contributed by atoms with Crippen molar-refractivity contribution in [2.75, 3.05) is 6.61 Å². The molecule has 4 aromatic rings. The topological polar surface area (TPSA) is 109 Å². The van der Waals surface area contributed by atoms with Crippen LogP contribution in [0.5, 0.6) is 11.6 Å². The summed E-state index contributed by atoms with van der Waals surface area (Å²) in [6, 6.07) is 25.0. The highest BCUT2D eigenvalue weighted by Crippen LogP contribution is 2.29. The number of carboxylic acids is 1. The molecule has 0 aliphatic carbocycles. The number of rotatable bonds is 13. The monoisotopic (exact) mass is 542 g/mol. The van der Waals surface area contributed by atoms with Crippen LogP contribution in [0.4, 0.5) is 4.39 Å². The van der Waals surface area contributed by atoms with E-state index in [-0.39, 0.29) is 30.3 Å². The number of carboxylic acid groups (broad SMARTS) is 1. The number of aliphatic carboxylic acids is 1. The molecular weight excluding hydrogens is 511 g/mol. The molecule has 40 heavy (non-hydrogen) atoms. The van der Waals surface area contributed by atoms with E-state index in [2.05, 4.69) is 10.3 Å². The zero-order valence-corrected chi connectivity index (χ0v) is 21.9. The fourth-order valence-electron chi connectivity index (χ4n) is 4.22.